The van der Waals surface area contributed by atoms with Crippen LogP contribution in [0.3, 0.4) is 0 Å². The quantitative estimate of drug-likeness (QED) is 0.580. The molecule has 0 spiro atoms. The van der Waals surface area contributed by atoms with E-state index in [9.17, 15) is 10.1 Å². The van der Waals surface area contributed by atoms with E-state index in [0.717, 1.165) is 11.4 Å². The van der Waals surface area contributed by atoms with Gasteiger partial charge in [0.1, 0.15) is 6.33 Å². The lowest BCUT2D eigenvalue weighted by Crippen LogP contribution is -2.09. The van der Waals surface area contributed by atoms with Crippen LogP contribution in [0.2, 0.25) is 0 Å². The Balaban J connectivity index is 2.15. The summed E-state index contributed by atoms with van der Waals surface area (Å²) in [5.74, 6) is 0.196. The molecule has 0 saturated carbocycles. The molecule has 3 aromatic heterocycles. The van der Waals surface area contributed by atoms with Crippen LogP contribution in [0.1, 0.15) is 11.4 Å². The van der Waals surface area contributed by atoms with Crippen LogP contribution >= 0.6 is 11.3 Å². The summed E-state index contributed by atoms with van der Waals surface area (Å²) in [5.41, 5.74) is 1.25. The zero-order valence-corrected chi connectivity index (χ0v) is 12.5. The minimum Gasteiger partial charge on any atom is -0.310 e. The van der Waals surface area contributed by atoms with Gasteiger partial charge in [0.05, 0.1) is 10.6 Å². The number of aryl methyl sites for hydroxylation is 2. The van der Waals surface area contributed by atoms with Crippen LogP contribution in [0.5, 0.6) is 0 Å². The van der Waals surface area contributed by atoms with E-state index in [1.54, 1.807) is 18.5 Å². The van der Waals surface area contributed by atoms with Gasteiger partial charge in [0, 0.05) is 17.3 Å². The summed E-state index contributed by atoms with van der Waals surface area (Å²) in [5, 5.41) is 20.9. The van der Waals surface area contributed by atoms with Crippen LogP contribution in [0, 0.1) is 24.0 Å². The molecular weight excluding hydrogens is 306 g/mol. The molecule has 0 radical (unpaired) electrons. The zero-order chi connectivity index (χ0) is 15.7. The fourth-order valence-corrected chi connectivity index (χ4v) is 2.54. The lowest BCUT2D eigenvalue weighted by molar-refractivity contribution is -0.384. The maximum Gasteiger partial charge on any atom is 0.356 e. The van der Waals surface area contributed by atoms with Crippen molar-refractivity contribution in [3.05, 3.63) is 45.5 Å². The highest BCUT2D eigenvalue weighted by Gasteiger charge is 2.26. The second-order valence-electron chi connectivity index (χ2n) is 4.45. The molecule has 0 aliphatic carbocycles. The molecule has 0 aliphatic heterocycles. The first kappa shape index (κ1) is 14.1. The average molecular weight is 317 g/mol. The molecule has 9 nitrogen and oxygen atoms in total. The van der Waals surface area contributed by atoms with Gasteiger partial charge in [-0.1, -0.05) is 0 Å². The fraction of sp³-hybridized carbons (Fsp3) is 0.167. The number of hydrogen-bond donors (Lipinski definition) is 1. The Morgan fingerprint density at radius 3 is 2.73 bits per heavy atom. The molecule has 0 atom stereocenters. The minimum absolute atomic E-state index is 0.0810. The Hall–Kier alpha value is -2.88. The van der Waals surface area contributed by atoms with Crippen LogP contribution in [0.4, 0.5) is 16.6 Å². The van der Waals surface area contributed by atoms with Crippen molar-refractivity contribution in [3.63, 3.8) is 0 Å². The Labute approximate surface area is 128 Å². The summed E-state index contributed by atoms with van der Waals surface area (Å²) in [6, 6.07) is 1.82. The number of nitrogens with zero attached hydrogens (tertiary/aromatic N) is 6. The molecule has 1 N–H and O–H groups in total. The number of hydrogen-bond acceptors (Lipinski definition) is 8. The molecule has 22 heavy (non-hydrogen) atoms. The predicted molar refractivity (Wildman–Crippen MR) is 80.7 cm³/mol. The van der Waals surface area contributed by atoms with E-state index in [4.69, 9.17) is 0 Å². The van der Waals surface area contributed by atoms with Crippen LogP contribution < -0.4 is 5.32 Å². The highest BCUT2D eigenvalue weighted by molar-refractivity contribution is 7.13. The summed E-state index contributed by atoms with van der Waals surface area (Å²) in [6.45, 7) is 3.62. The molecule has 0 aliphatic rings. The third-order valence-corrected chi connectivity index (χ3v) is 3.54. The molecule has 0 unspecified atom stereocenters. The maximum absolute atomic E-state index is 11.5. The lowest BCUT2D eigenvalue weighted by Gasteiger charge is -2.07. The Bertz CT molecular complexity index is 828. The predicted octanol–water partition coefficient (Wildman–Crippen LogP) is 2.39. The number of anilines is 2. The third kappa shape index (κ3) is 2.51. The van der Waals surface area contributed by atoms with Crippen molar-refractivity contribution >= 4 is 28.0 Å². The monoisotopic (exact) mass is 317 g/mol. The number of nitro groups is 1. The van der Waals surface area contributed by atoms with E-state index in [1.807, 2.05) is 13.0 Å². The average Bonchev–Trinajstić information content (AvgIpc) is 3.08. The van der Waals surface area contributed by atoms with Gasteiger partial charge in [-0.05, 0) is 19.9 Å². The minimum atomic E-state index is -0.526. The first-order chi connectivity index (χ1) is 10.6. The van der Waals surface area contributed by atoms with Crippen molar-refractivity contribution in [1.29, 1.82) is 0 Å². The van der Waals surface area contributed by atoms with Crippen molar-refractivity contribution in [3.8, 4) is 5.82 Å². The van der Waals surface area contributed by atoms with Crippen molar-refractivity contribution in [2.45, 2.75) is 13.8 Å². The van der Waals surface area contributed by atoms with Gasteiger partial charge in [-0.25, -0.2) is 19.6 Å². The third-order valence-electron chi connectivity index (χ3n) is 2.85. The summed E-state index contributed by atoms with van der Waals surface area (Å²) >= 11 is 1.32. The van der Waals surface area contributed by atoms with E-state index < -0.39 is 4.92 Å². The van der Waals surface area contributed by atoms with E-state index in [0.29, 0.717) is 5.13 Å². The van der Waals surface area contributed by atoms with Crippen LogP contribution in [0.25, 0.3) is 5.82 Å². The number of nitrogens with one attached hydrogen (secondary N) is 1. The topological polar surface area (TPSA) is 112 Å². The number of thiazole rings is 1. The van der Waals surface area contributed by atoms with Gasteiger partial charge in [-0.15, -0.1) is 11.3 Å². The summed E-state index contributed by atoms with van der Waals surface area (Å²) < 4.78 is 1.43. The highest BCUT2D eigenvalue weighted by atomic mass is 32.1. The van der Waals surface area contributed by atoms with Crippen molar-refractivity contribution < 1.29 is 4.92 Å². The smallest absolute Gasteiger partial charge is 0.310 e. The van der Waals surface area contributed by atoms with Gasteiger partial charge in [0.25, 0.3) is 0 Å². The molecule has 3 rings (SSSR count). The van der Waals surface area contributed by atoms with E-state index in [2.05, 4.69) is 25.4 Å². The zero-order valence-electron chi connectivity index (χ0n) is 11.7. The van der Waals surface area contributed by atoms with Gasteiger partial charge < -0.3 is 5.32 Å². The Morgan fingerprint density at radius 1 is 1.32 bits per heavy atom. The Kier molecular flexibility index (Phi) is 3.51. The summed E-state index contributed by atoms with van der Waals surface area (Å²) in [4.78, 5) is 23.0. The summed E-state index contributed by atoms with van der Waals surface area (Å²) in [6.07, 6.45) is 2.86. The molecule has 0 bridgehead atoms. The normalized spacial score (nSPS) is 10.6. The Morgan fingerprint density at radius 2 is 2.14 bits per heavy atom. The fourth-order valence-electron chi connectivity index (χ4n) is 2.01. The lowest BCUT2D eigenvalue weighted by atomic mass is 10.4. The first-order valence-corrected chi connectivity index (χ1v) is 7.14. The summed E-state index contributed by atoms with van der Waals surface area (Å²) in [7, 11) is 0. The highest BCUT2D eigenvalue weighted by Crippen LogP contribution is 2.30. The van der Waals surface area contributed by atoms with Gasteiger partial charge >= 0.3 is 5.69 Å². The van der Waals surface area contributed by atoms with Crippen molar-refractivity contribution in [2.75, 3.05) is 5.32 Å². The maximum atomic E-state index is 11.5. The second-order valence-corrected chi connectivity index (χ2v) is 5.35. The van der Waals surface area contributed by atoms with Gasteiger partial charge in [-0.3, -0.25) is 10.1 Å². The van der Waals surface area contributed by atoms with Crippen LogP contribution in [0.15, 0.2) is 24.0 Å². The second kappa shape index (κ2) is 5.48. The van der Waals surface area contributed by atoms with Gasteiger partial charge in [0.15, 0.2) is 5.13 Å². The molecule has 0 aromatic carbocycles. The largest absolute Gasteiger partial charge is 0.356 e. The molecule has 0 amide bonds. The van der Waals surface area contributed by atoms with E-state index in [-0.39, 0.29) is 17.3 Å². The van der Waals surface area contributed by atoms with E-state index in [1.165, 1.54) is 22.3 Å². The molecular formula is C12H11N7O2S. The molecule has 0 saturated heterocycles. The van der Waals surface area contributed by atoms with Crippen LogP contribution in [-0.4, -0.2) is 29.7 Å². The van der Waals surface area contributed by atoms with E-state index >= 15 is 0 Å². The van der Waals surface area contributed by atoms with Crippen LogP contribution in [-0.2, 0) is 0 Å². The molecule has 112 valence electrons. The van der Waals surface area contributed by atoms with Gasteiger partial charge in [0.2, 0.25) is 11.6 Å². The molecule has 0 fully saturated rings. The molecule has 3 aromatic rings. The number of aromatic nitrogens is 5. The SMILES string of the molecule is Cc1cc(C)n(-c2ncnc(Nc3nccs3)c2[N+](=O)[O-])n1. The first-order valence-electron chi connectivity index (χ1n) is 6.26. The van der Waals surface area contributed by atoms with Crippen molar-refractivity contribution in [2.24, 2.45) is 0 Å². The standard InChI is InChI=1S/C12H11N7O2S/c1-7-5-8(2)18(17-7)11-9(19(20)21)10(14-6-15-11)16-12-13-3-4-22-12/h3-6H,1-2H3,(H,13,14,15,16). The number of rotatable bonds is 4. The molecule has 10 heteroatoms. The van der Waals surface area contributed by atoms with Gasteiger partial charge in [-0.2, -0.15) is 5.10 Å². The molecule has 3 heterocycles. The van der Waals surface area contributed by atoms with Crippen molar-refractivity contribution in [1.82, 2.24) is 24.7 Å².